The average molecular weight is 398 g/mol. The van der Waals surface area contributed by atoms with Crippen LogP contribution in [0.15, 0.2) is 35.3 Å². The van der Waals surface area contributed by atoms with E-state index in [1.54, 1.807) is 11.3 Å². The van der Waals surface area contributed by atoms with E-state index >= 15 is 0 Å². The molecule has 28 heavy (non-hydrogen) atoms. The molecule has 7 nitrogen and oxygen atoms in total. The lowest BCUT2D eigenvalue weighted by atomic mass is 10.2. The van der Waals surface area contributed by atoms with Gasteiger partial charge in [-0.2, -0.15) is 0 Å². The Labute approximate surface area is 170 Å². The van der Waals surface area contributed by atoms with E-state index in [0.29, 0.717) is 13.1 Å². The Balaban J connectivity index is 1.61. The Hall–Kier alpha value is -2.74. The maximum atomic E-state index is 4.72. The average Bonchev–Trinajstić information content (AvgIpc) is 3.19. The minimum absolute atomic E-state index is 0.563. The van der Waals surface area contributed by atoms with Crippen molar-refractivity contribution in [2.24, 2.45) is 12.0 Å². The van der Waals surface area contributed by atoms with Crippen molar-refractivity contribution in [2.75, 3.05) is 6.54 Å². The highest BCUT2D eigenvalue weighted by molar-refractivity contribution is 7.11. The van der Waals surface area contributed by atoms with Gasteiger partial charge < -0.3 is 15.2 Å². The Morgan fingerprint density at radius 3 is 2.54 bits per heavy atom. The zero-order valence-corrected chi connectivity index (χ0v) is 17.7. The van der Waals surface area contributed by atoms with E-state index in [2.05, 4.69) is 51.8 Å². The molecule has 0 fully saturated rings. The predicted molar refractivity (Wildman–Crippen MR) is 113 cm³/mol. The van der Waals surface area contributed by atoms with Gasteiger partial charge in [-0.1, -0.05) is 30.3 Å². The molecular formula is C20H27N7S. The van der Waals surface area contributed by atoms with Gasteiger partial charge >= 0.3 is 0 Å². The van der Waals surface area contributed by atoms with E-state index in [1.165, 1.54) is 10.4 Å². The molecule has 0 atom stereocenters. The molecule has 8 heteroatoms. The van der Waals surface area contributed by atoms with Crippen LogP contribution in [0.2, 0.25) is 0 Å². The molecule has 0 amide bonds. The SMILES string of the molecule is Cc1nc(CCNC(=NCc2ccccc2)NCc2nnc(C)n2C)sc1C. The van der Waals surface area contributed by atoms with Crippen molar-refractivity contribution in [1.82, 2.24) is 30.4 Å². The van der Waals surface area contributed by atoms with Crippen LogP contribution in [0.4, 0.5) is 0 Å². The first-order valence-electron chi connectivity index (χ1n) is 9.37. The minimum atomic E-state index is 0.563. The Kier molecular flexibility index (Phi) is 6.76. The largest absolute Gasteiger partial charge is 0.356 e. The fraction of sp³-hybridized carbons (Fsp3) is 0.400. The van der Waals surface area contributed by atoms with Crippen LogP contribution in [-0.4, -0.2) is 32.3 Å². The highest BCUT2D eigenvalue weighted by atomic mass is 32.1. The van der Waals surface area contributed by atoms with Crippen LogP contribution in [0.1, 0.15) is 32.8 Å². The third-order valence-electron chi connectivity index (χ3n) is 4.56. The smallest absolute Gasteiger partial charge is 0.191 e. The summed E-state index contributed by atoms with van der Waals surface area (Å²) in [6.45, 7) is 8.06. The normalized spacial score (nSPS) is 11.6. The molecule has 3 rings (SSSR count). The number of thiazole rings is 1. The number of benzene rings is 1. The summed E-state index contributed by atoms with van der Waals surface area (Å²) in [5, 5.41) is 16.2. The van der Waals surface area contributed by atoms with Crippen molar-refractivity contribution in [2.45, 2.75) is 40.3 Å². The van der Waals surface area contributed by atoms with Gasteiger partial charge in [-0.05, 0) is 26.3 Å². The summed E-state index contributed by atoms with van der Waals surface area (Å²) < 4.78 is 1.98. The highest BCUT2D eigenvalue weighted by Gasteiger charge is 2.07. The first-order chi connectivity index (χ1) is 13.5. The molecule has 2 heterocycles. The van der Waals surface area contributed by atoms with Crippen LogP contribution in [0, 0.1) is 20.8 Å². The van der Waals surface area contributed by atoms with Crippen molar-refractivity contribution in [3.8, 4) is 0 Å². The number of aromatic nitrogens is 4. The topological polar surface area (TPSA) is 80.0 Å². The van der Waals surface area contributed by atoms with Crippen molar-refractivity contribution in [3.05, 3.63) is 63.1 Å². The second kappa shape index (κ2) is 9.45. The molecule has 3 aromatic rings. The fourth-order valence-corrected chi connectivity index (χ4v) is 3.56. The third kappa shape index (κ3) is 5.39. The first-order valence-corrected chi connectivity index (χ1v) is 10.2. The Bertz CT molecular complexity index is 908. The van der Waals surface area contributed by atoms with Crippen LogP contribution >= 0.6 is 11.3 Å². The van der Waals surface area contributed by atoms with Gasteiger partial charge in [-0.25, -0.2) is 9.98 Å². The van der Waals surface area contributed by atoms with Gasteiger partial charge in [0.25, 0.3) is 0 Å². The zero-order chi connectivity index (χ0) is 19.9. The molecule has 0 saturated heterocycles. The van der Waals surface area contributed by atoms with Crippen LogP contribution in [0.5, 0.6) is 0 Å². The molecule has 0 aliphatic carbocycles. The first kappa shape index (κ1) is 20.0. The molecular weight excluding hydrogens is 370 g/mol. The molecule has 1 aromatic carbocycles. The lowest BCUT2D eigenvalue weighted by Gasteiger charge is -2.12. The number of nitrogens with zero attached hydrogens (tertiary/aromatic N) is 5. The summed E-state index contributed by atoms with van der Waals surface area (Å²) in [6.07, 6.45) is 0.869. The second-order valence-corrected chi connectivity index (χ2v) is 7.94. The van der Waals surface area contributed by atoms with Crippen molar-refractivity contribution >= 4 is 17.3 Å². The number of rotatable bonds is 7. The van der Waals surface area contributed by atoms with E-state index in [1.807, 2.05) is 36.7 Å². The van der Waals surface area contributed by atoms with Crippen LogP contribution in [0.3, 0.4) is 0 Å². The fourth-order valence-electron chi connectivity index (χ4n) is 2.63. The number of guanidine groups is 1. The second-order valence-electron chi connectivity index (χ2n) is 6.65. The summed E-state index contributed by atoms with van der Waals surface area (Å²) in [5.41, 5.74) is 2.29. The molecule has 2 aromatic heterocycles. The lowest BCUT2D eigenvalue weighted by Crippen LogP contribution is -2.38. The lowest BCUT2D eigenvalue weighted by molar-refractivity contribution is 0.712. The van der Waals surface area contributed by atoms with Gasteiger partial charge in [0.05, 0.1) is 23.8 Å². The maximum absolute atomic E-state index is 4.72. The van der Waals surface area contributed by atoms with E-state index in [-0.39, 0.29) is 0 Å². The summed E-state index contributed by atoms with van der Waals surface area (Å²) >= 11 is 1.76. The number of hydrogen-bond acceptors (Lipinski definition) is 5. The van der Waals surface area contributed by atoms with E-state index < -0.39 is 0 Å². The summed E-state index contributed by atoms with van der Waals surface area (Å²) in [6, 6.07) is 10.2. The molecule has 2 N–H and O–H groups in total. The number of aliphatic imine (C=N–C) groups is 1. The van der Waals surface area contributed by atoms with Gasteiger partial charge in [0.2, 0.25) is 0 Å². The maximum Gasteiger partial charge on any atom is 0.191 e. The van der Waals surface area contributed by atoms with E-state index in [9.17, 15) is 0 Å². The van der Waals surface area contributed by atoms with Crippen LogP contribution < -0.4 is 10.6 Å². The van der Waals surface area contributed by atoms with Gasteiger partial charge in [0.15, 0.2) is 11.8 Å². The molecule has 0 spiro atoms. The molecule has 0 bridgehead atoms. The van der Waals surface area contributed by atoms with E-state index in [0.717, 1.165) is 41.3 Å². The molecule has 148 valence electrons. The summed E-state index contributed by atoms with van der Waals surface area (Å²) in [7, 11) is 1.97. The van der Waals surface area contributed by atoms with E-state index in [4.69, 9.17) is 4.99 Å². The predicted octanol–water partition coefficient (Wildman–Crippen LogP) is 2.67. The molecule has 0 radical (unpaired) electrons. The zero-order valence-electron chi connectivity index (χ0n) is 16.9. The van der Waals surface area contributed by atoms with Gasteiger partial charge in [-0.15, -0.1) is 21.5 Å². The van der Waals surface area contributed by atoms with Crippen LogP contribution in [-0.2, 0) is 26.6 Å². The van der Waals surface area contributed by atoms with Crippen molar-refractivity contribution in [3.63, 3.8) is 0 Å². The van der Waals surface area contributed by atoms with Crippen molar-refractivity contribution < 1.29 is 0 Å². The van der Waals surface area contributed by atoms with Gasteiger partial charge in [0, 0.05) is 24.9 Å². The number of aryl methyl sites for hydroxylation is 3. The minimum Gasteiger partial charge on any atom is -0.356 e. The van der Waals surface area contributed by atoms with Crippen LogP contribution in [0.25, 0.3) is 0 Å². The third-order valence-corrected chi connectivity index (χ3v) is 5.70. The molecule has 0 saturated carbocycles. The summed E-state index contributed by atoms with van der Waals surface area (Å²) in [4.78, 5) is 10.6. The van der Waals surface area contributed by atoms with Gasteiger partial charge in [-0.3, -0.25) is 0 Å². The monoisotopic (exact) mass is 397 g/mol. The number of hydrogen-bond donors (Lipinski definition) is 2. The number of nitrogens with one attached hydrogen (secondary N) is 2. The standard InChI is InChI=1S/C20H27N7S/c1-14-15(2)28-19(24-14)10-11-21-20(22-12-17-8-6-5-7-9-17)23-13-18-26-25-16(3)27(18)4/h5-9H,10-13H2,1-4H3,(H2,21,22,23). The van der Waals surface area contributed by atoms with Crippen molar-refractivity contribution in [1.29, 1.82) is 0 Å². The summed E-state index contributed by atoms with van der Waals surface area (Å²) in [5.74, 6) is 2.52. The Morgan fingerprint density at radius 2 is 1.89 bits per heavy atom. The highest BCUT2D eigenvalue weighted by Crippen LogP contribution is 2.16. The van der Waals surface area contributed by atoms with Gasteiger partial charge in [0.1, 0.15) is 5.82 Å². The quantitative estimate of drug-likeness (QED) is 0.473. The molecule has 0 aliphatic heterocycles. The molecule has 0 unspecified atom stereocenters. The Morgan fingerprint density at radius 1 is 1.11 bits per heavy atom. The molecule has 0 aliphatic rings.